The predicted octanol–water partition coefficient (Wildman–Crippen LogP) is 5.64. The summed E-state index contributed by atoms with van der Waals surface area (Å²) >= 11 is 0. The standard InChI is InChI=1S/C29H41N3O2/c1-28-11-10-25-23(6-5-22-13-19(18-34-2)9-12-29(22,25)21-3-4-21)24(28)7-8-26(28)27(33)17-32-16-20(14-30)15-31-32/h15-16,19,21-26H,3-13,17-18H2,1-2H3. The fourth-order valence-electron chi connectivity index (χ4n) is 10.2. The zero-order valence-electron chi connectivity index (χ0n) is 21.0. The Labute approximate surface area is 204 Å². The normalized spacial score (nSPS) is 43.4. The number of methoxy groups -OCH3 is 1. The Kier molecular flexibility index (Phi) is 5.67. The second kappa shape index (κ2) is 8.47. The van der Waals surface area contributed by atoms with Crippen LogP contribution in [0.1, 0.15) is 83.1 Å². The van der Waals surface area contributed by atoms with E-state index in [1.807, 2.05) is 7.11 Å². The summed E-state index contributed by atoms with van der Waals surface area (Å²) in [4.78, 5) is 13.5. The third-order valence-corrected chi connectivity index (χ3v) is 11.5. The Bertz CT molecular complexity index is 976. The van der Waals surface area contributed by atoms with Crippen molar-refractivity contribution < 1.29 is 9.53 Å². The van der Waals surface area contributed by atoms with Gasteiger partial charge in [0.15, 0.2) is 5.78 Å². The van der Waals surface area contributed by atoms with E-state index in [2.05, 4.69) is 18.1 Å². The summed E-state index contributed by atoms with van der Waals surface area (Å²) in [7, 11) is 1.87. The van der Waals surface area contributed by atoms with E-state index in [9.17, 15) is 4.79 Å². The third-order valence-electron chi connectivity index (χ3n) is 11.5. The molecule has 0 spiro atoms. The van der Waals surface area contributed by atoms with Crippen molar-refractivity contribution >= 4 is 5.78 Å². The minimum atomic E-state index is 0.147. The van der Waals surface area contributed by atoms with Gasteiger partial charge in [0.05, 0.1) is 18.3 Å². The van der Waals surface area contributed by atoms with Crippen LogP contribution in [-0.2, 0) is 16.1 Å². The van der Waals surface area contributed by atoms with Crippen LogP contribution in [0.25, 0.3) is 0 Å². The number of carbonyl (C=O) groups excluding carboxylic acids is 1. The molecule has 5 fully saturated rings. The summed E-state index contributed by atoms with van der Waals surface area (Å²) in [5.74, 6) is 5.56. The zero-order valence-corrected chi connectivity index (χ0v) is 21.0. The molecule has 0 N–H and O–H groups in total. The maximum Gasteiger partial charge on any atom is 0.157 e. The number of ether oxygens (including phenoxy) is 1. The highest BCUT2D eigenvalue weighted by Crippen LogP contribution is 2.72. The molecule has 184 valence electrons. The summed E-state index contributed by atoms with van der Waals surface area (Å²) in [5.41, 5.74) is 1.28. The summed E-state index contributed by atoms with van der Waals surface area (Å²) in [6, 6.07) is 2.12. The molecule has 0 saturated heterocycles. The maximum atomic E-state index is 13.5. The van der Waals surface area contributed by atoms with Crippen LogP contribution < -0.4 is 0 Å². The van der Waals surface area contributed by atoms with Crippen LogP contribution in [0.3, 0.4) is 0 Å². The molecule has 5 heteroatoms. The zero-order chi connectivity index (χ0) is 23.5. The minimum Gasteiger partial charge on any atom is -0.384 e. The fraction of sp³-hybridized carbons (Fsp3) is 0.828. The largest absolute Gasteiger partial charge is 0.384 e. The van der Waals surface area contributed by atoms with Gasteiger partial charge in [0.1, 0.15) is 6.07 Å². The van der Waals surface area contributed by atoms with Gasteiger partial charge in [-0.15, -0.1) is 0 Å². The topological polar surface area (TPSA) is 67.9 Å². The Balaban J connectivity index is 1.21. The van der Waals surface area contributed by atoms with E-state index >= 15 is 0 Å². The Hall–Kier alpha value is -1.67. The number of Topliss-reactive ketones (excluding diaryl/α,β-unsaturated/α-hetero) is 1. The van der Waals surface area contributed by atoms with Gasteiger partial charge in [-0.05, 0) is 117 Å². The first-order chi connectivity index (χ1) is 16.5. The highest BCUT2D eigenvalue weighted by Gasteiger charge is 2.65. The molecule has 5 saturated carbocycles. The second-order valence-electron chi connectivity index (χ2n) is 12.8. The van der Waals surface area contributed by atoms with Gasteiger partial charge >= 0.3 is 0 Å². The SMILES string of the molecule is COCC1CCC2(C3CC3)C(CCC3C4CCC(C(=O)Cn5cc(C#N)cn5)C4(C)CCC32)C1. The van der Waals surface area contributed by atoms with Gasteiger partial charge in [-0.2, -0.15) is 10.4 Å². The quantitative estimate of drug-likeness (QED) is 0.548. The highest BCUT2D eigenvalue weighted by molar-refractivity contribution is 5.82. The van der Waals surface area contributed by atoms with Gasteiger partial charge in [0, 0.05) is 25.8 Å². The summed E-state index contributed by atoms with van der Waals surface area (Å²) < 4.78 is 7.25. The molecule has 8 unspecified atom stereocenters. The summed E-state index contributed by atoms with van der Waals surface area (Å²) in [6.45, 7) is 3.72. The number of aromatic nitrogens is 2. The van der Waals surface area contributed by atoms with Gasteiger partial charge in [0.2, 0.25) is 0 Å². The number of fused-ring (bicyclic) bond motifs is 5. The van der Waals surface area contributed by atoms with E-state index in [-0.39, 0.29) is 11.3 Å². The van der Waals surface area contributed by atoms with Crippen molar-refractivity contribution in [3.8, 4) is 6.07 Å². The van der Waals surface area contributed by atoms with Gasteiger partial charge in [-0.3, -0.25) is 9.48 Å². The van der Waals surface area contributed by atoms with Gasteiger partial charge in [-0.25, -0.2) is 0 Å². The van der Waals surface area contributed by atoms with Crippen molar-refractivity contribution in [3.63, 3.8) is 0 Å². The van der Waals surface area contributed by atoms with Crippen molar-refractivity contribution in [2.75, 3.05) is 13.7 Å². The highest BCUT2D eigenvalue weighted by atomic mass is 16.5. The molecule has 1 aromatic rings. The molecule has 0 aromatic carbocycles. The van der Waals surface area contributed by atoms with E-state index < -0.39 is 0 Å². The van der Waals surface area contributed by atoms with E-state index in [1.165, 1.54) is 64.2 Å². The molecular formula is C29H41N3O2. The van der Waals surface area contributed by atoms with Crippen LogP contribution in [0.15, 0.2) is 12.4 Å². The Morgan fingerprint density at radius 2 is 1.94 bits per heavy atom. The van der Waals surface area contributed by atoms with Crippen LogP contribution in [-0.4, -0.2) is 29.3 Å². The van der Waals surface area contributed by atoms with Crippen LogP contribution in [0.4, 0.5) is 0 Å². The molecule has 0 aliphatic heterocycles. The van der Waals surface area contributed by atoms with Crippen molar-refractivity contribution in [2.45, 2.75) is 84.1 Å². The average molecular weight is 464 g/mol. The smallest absolute Gasteiger partial charge is 0.157 e. The van der Waals surface area contributed by atoms with Crippen molar-refractivity contribution in [1.82, 2.24) is 9.78 Å². The Morgan fingerprint density at radius 1 is 1.12 bits per heavy atom. The molecule has 0 radical (unpaired) electrons. The molecule has 5 nitrogen and oxygen atoms in total. The van der Waals surface area contributed by atoms with E-state index in [0.717, 1.165) is 42.6 Å². The predicted molar refractivity (Wildman–Crippen MR) is 130 cm³/mol. The first-order valence-electron chi connectivity index (χ1n) is 13.9. The van der Waals surface area contributed by atoms with E-state index in [1.54, 1.807) is 17.1 Å². The molecule has 34 heavy (non-hydrogen) atoms. The van der Waals surface area contributed by atoms with Gasteiger partial charge < -0.3 is 4.74 Å². The van der Waals surface area contributed by atoms with E-state index in [0.29, 0.717) is 29.2 Å². The molecule has 1 heterocycles. The number of nitrogens with zero attached hydrogens (tertiary/aromatic N) is 3. The molecule has 6 rings (SSSR count). The Morgan fingerprint density at radius 3 is 2.68 bits per heavy atom. The van der Waals surface area contributed by atoms with Crippen molar-refractivity contribution in [2.24, 2.45) is 52.3 Å². The lowest BCUT2D eigenvalue weighted by molar-refractivity contribution is -0.148. The number of ketones is 1. The summed E-state index contributed by atoms with van der Waals surface area (Å²) in [5, 5.41) is 13.4. The lowest BCUT2D eigenvalue weighted by Gasteiger charge is -2.62. The molecule has 1 aromatic heterocycles. The monoisotopic (exact) mass is 463 g/mol. The van der Waals surface area contributed by atoms with Crippen LogP contribution in [0.2, 0.25) is 0 Å². The fourth-order valence-corrected chi connectivity index (χ4v) is 10.2. The molecular weight excluding hydrogens is 422 g/mol. The van der Waals surface area contributed by atoms with Crippen LogP contribution >= 0.6 is 0 Å². The van der Waals surface area contributed by atoms with Gasteiger partial charge in [0.25, 0.3) is 0 Å². The average Bonchev–Trinajstić information content (AvgIpc) is 3.49. The maximum absolute atomic E-state index is 13.5. The summed E-state index contributed by atoms with van der Waals surface area (Å²) in [6.07, 6.45) is 18.0. The van der Waals surface area contributed by atoms with Crippen molar-refractivity contribution in [3.05, 3.63) is 18.0 Å². The minimum absolute atomic E-state index is 0.147. The second-order valence-corrected chi connectivity index (χ2v) is 12.8. The lowest BCUT2D eigenvalue weighted by atomic mass is 9.42. The van der Waals surface area contributed by atoms with Gasteiger partial charge in [-0.1, -0.05) is 6.92 Å². The molecule has 5 aliphatic rings. The molecule has 8 atom stereocenters. The first-order valence-corrected chi connectivity index (χ1v) is 13.9. The number of nitriles is 1. The lowest BCUT2D eigenvalue weighted by Crippen LogP contribution is -2.56. The van der Waals surface area contributed by atoms with Crippen molar-refractivity contribution in [1.29, 1.82) is 5.26 Å². The number of rotatable bonds is 6. The third kappa shape index (κ3) is 3.42. The number of hydrogen-bond acceptors (Lipinski definition) is 4. The number of carbonyl (C=O) groups is 1. The first kappa shape index (κ1) is 22.8. The molecule has 0 bridgehead atoms. The van der Waals surface area contributed by atoms with Crippen LogP contribution in [0, 0.1) is 63.6 Å². The van der Waals surface area contributed by atoms with Crippen LogP contribution in [0.5, 0.6) is 0 Å². The molecule has 0 amide bonds. The van der Waals surface area contributed by atoms with E-state index in [4.69, 9.17) is 10.00 Å². The number of hydrogen-bond donors (Lipinski definition) is 0. The molecule has 5 aliphatic carbocycles.